The number of hydrogen-bond acceptors (Lipinski definition) is 7. The van der Waals surface area contributed by atoms with Crippen LogP contribution in [-0.4, -0.2) is 44.1 Å². The maximum absolute atomic E-state index is 13.3. The minimum absolute atomic E-state index is 0.0152. The van der Waals surface area contributed by atoms with E-state index >= 15 is 0 Å². The molecule has 0 spiro atoms. The number of halogens is 3. The van der Waals surface area contributed by atoms with Crippen LogP contribution in [0.4, 0.5) is 19.1 Å². The summed E-state index contributed by atoms with van der Waals surface area (Å²) in [5, 5.41) is 8.93. The van der Waals surface area contributed by atoms with Gasteiger partial charge >= 0.3 is 6.18 Å². The van der Waals surface area contributed by atoms with Crippen LogP contribution >= 0.6 is 0 Å². The number of alkyl halides is 3. The number of fused-ring (bicyclic) bond motifs is 1. The van der Waals surface area contributed by atoms with Crippen LogP contribution in [0.1, 0.15) is 28.8 Å². The van der Waals surface area contributed by atoms with Gasteiger partial charge in [-0.2, -0.15) is 18.4 Å². The van der Waals surface area contributed by atoms with Gasteiger partial charge in [0.05, 0.1) is 36.0 Å². The minimum Gasteiger partial charge on any atom is -0.331 e. The van der Waals surface area contributed by atoms with E-state index in [2.05, 4.69) is 15.0 Å². The minimum atomic E-state index is -4.47. The number of carbonyl (C=O) groups excluding carboxylic acids is 1. The second kappa shape index (κ2) is 8.82. The summed E-state index contributed by atoms with van der Waals surface area (Å²) in [7, 11) is 0. The number of anilines is 1. The average Bonchev–Trinajstić information content (AvgIpc) is 2.80. The molecular formula is C22H17F3N6O2. The van der Waals surface area contributed by atoms with Gasteiger partial charge in [0.2, 0.25) is 5.95 Å². The quantitative estimate of drug-likeness (QED) is 0.546. The van der Waals surface area contributed by atoms with Crippen molar-refractivity contribution in [3.8, 4) is 17.5 Å². The molecule has 0 amide bonds. The molecule has 3 heterocycles. The fourth-order valence-corrected chi connectivity index (χ4v) is 3.75. The van der Waals surface area contributed by atoms with Gasteiger partial charge in [0.1, 0.15) is 6.33 Å². The maximum Gasteiger partial charge on any atom is 0.391 e. The molecule has 0 aliphatic carbocycles. The van der Waals surface area contributed by atoms with Crippen molar-refractivity contribution < 1.29 is 18.0 Å². The number of nitriles is 1. The predicted octanol–water partition coefficient (Wildman–Crippen LogP) is 2.99. The Morgan fingerprint density at radius 1 is 1.18 bits per heavy atom. The number of carbonyl (C=O) groups is 1. The molecule has 1 aliphatic heterocycles. The van der Waals surface area contributed by atoms with Crippen molar-refractivity contribution in [3.05, 3.63) is 70.4 Å². The van der Waals surface area contributed by atoms with E-state index in [1.165, 1.54) is 58.4 Å². The molecule has 11 heteroatoms. The Bertz CT molecular complexity index is 1270. The van der Waals surface area contributed by atoms with E-state index in [1.807, 2.05) is 6.07 Å². The number of hydrogen-bond donors (Lipinski definition) is 0. The topological polar surface area (TPSA) is 105 Å². The van der Waals surface area contributed by atoms with Gasteiger partial charge in [0.15, 0.2) is 5.78 Å². The number of rotatable bonds is 5. The first-order valence-electron chi connectivity index (χ1n) is 10.0. The highest BCUT2D eigenvalue weighted by Crippen LogP contribution is 2.32. The van der Waals surface area contributed by atoms with Crippen LogP contribution in [-0.2, 0) is 6.54 Å². The number of Topliss-reactive ketones (excluding diaryl/α,β-unsaturated/α-hetero) is 1. The number of nitrogens with zero attached hydrogens (tertiary/aromatic N) is 6. The molecule has 0 fully saturated rings. The van der Waals surface area contributed by atoms with Gasteiger partial charge in [0, 0.05) is 30.4 Å². The van der Waals surface area contributed by atoms with Gasteiger partial charge in [-0.15, -0.1) is 0 Å². The van der Waals surface area contributed by atoms with Crippen molar-refractivity contribution in [1.82, 2.24) is 19.5 Å². The Labute approximate surface area is 186 Å². The molecule has 2 aromatic heterocycles. The molecule has 3 aromatic rings. The smallest absolute Gasteiger partial charge is 0.331 e. The molecule has 168 valence electrons. The van der Waals surface area contributed by atoms with Crippen LogP contribution in [0, 0.1) is 11.3 Å². The summed E-state index contributed by atoms with van der Waals surface area (Å²) in [4.78, 5) is 39.2. The van der Waals surface area contributed by atoms with Gasteiger partial charge in [-0.1, -0.05) is 12.1 Å². The molecule has 1 unspecified atom stereocenters. The fourth-order valence-electron chi connectivity index (χ4n) is 3.75. The first kappa shape index (κ1) is 22.1. The Kier molecular flexibility index (Phi) is 5.91. The maximum atomic E-state index is 13.3. The lowest BCUT2D eigenvalue weighted by Crippen LogP contribution is -2.49. The summed E-state index contributed by atoms with van der Waals surface area (Å²) in [6, 6.07) is 9.47. The molecule has 0 bridgehead atoms. The lowest BCUT2D eigenvalue weighted by atomic mass is 10.0. The molecule has 1 aliphatic rings. The lowest BCUT2D eigenvalue weighted by molar-refractivity contribution is -0.139. The second-order valence-electron chi connectivity index (χ2n) is 7.53. The number of benzene rings is 1. The summed E-state index contributed by atoms with van der Waals surface area (Å²) in [5.74, 6) is -0.472. The predicted molar refractivity (Wildman–Crippen MR) is 111 cm³/mol. The molecule has 0 N–H and O–H groups in total. The fraction of sp³-hybridized carbons (Fsp3) is 0.273. The van der Waals surface area contributed by atoms with Crippen molar-refractivity contribution in [3.63, 3.8) is 0 Å². The standard InChI is InChI=1S/C22H17F3N6O2/c23-22(24,25)10-16-6-8-30-20(33)9-18(17-5-7-27-13-28-17)29-21(30)31(16)12-19(32)15-3-1-14(11-26)2-4-15/h1-5,7,9,13,16H,6,8,10,12H2. The molecule has 8 nitrogen and oxygen atoms in total. The third-order valence-corrected chi connectivity index (χ3v) is 5.33. The Morgan fingerprint density at radius 3 is 2.58 bits per heavy atom. The third-order valence-electron chi connectivity index (χ3n) is 5.33. The van der Waals surface area contributed by atoms with E-state index in [9.17, 15) is 22.8 Å². The van der Waals surface area contributed by atoms with E-state index in [1.54, 1.807) is 0 Å². The van der Waals surface area contributed by atoms with Crippen molar-refractivity contribution >= 4 is 11.7 Å². The normalized spacial score (nSPS) is 15.6. The second-order valence-corrected chi connectivity index (χ2v) is 7.53. The summed E-state index contributed by atoms with van der Waals surface area (Å²) >= 11 is 0. The number of ketones is 1. The Balaban J connectivity index is 1.75. The van der Waals surface area contributed by atoms with Crippen molar-refractivity contribution in [2.45, 2.75) is 31.6 Å². The average molecular weight is 454 g/mol. The molecule has 4 rings (SSSR count). The van der Waals surface area contributed by atoms with Crippen molar-refractivity contribution in [1.29, 1.82) is 5.26 Å². The number of aromatic nitrogens is 4. The van der Waals surface area contributed by atoms with Crippen LogP contribution in [0.15, 0.2) is 53.7 Å². The van der Waals surface area contributed by atoms with E-state index in [0.717, 1.165) is 0 Å². The summed E-state index contributed by atoms with van der Waals surface area (Å²) in [6.07, 6.45) is -2.86. The molecule has 0 radical (unpaired) electrons. The monoisotopic (exact) mass is 454 g/mol. The van der Waals surface area contributed by atoms with E-state index in [0.29, 0.717) is 11.3 Å². The van der Waals surface area contributed by atoms with Gasteiger partial charge in [-0.05, 0) is 24.6 Å². The zero-order chi connectivity index (χ0) is 23.6. The Morgan fingerprint density at radius 2 is 1.94 bits per heavy atom. The molecule has 0 saturated carbocycles. The van der Waals surface area contributed by atoms with Gasteiger partial charge in [0.25, 0.3) is 5.56 Å². The SMILES string of the molecule is N#Cc1ccc(C(=O)CN2c3nc(-c4ccncn4)cc(=O)n3CCC2CC(F)(F)F)cc1. The molecule has 0 saturated heterocycles. The molecule has 1 atom stereocenters. The van der Waals surface area contributed by atoms with Crippen LogP contribution < -0.4 is 10.5 Å². The van der Waals surface area contributed by atoms with Crippen LogP contribution in [0.5, 0.6) is 0 Å². The first-order valence-corrected chi connectivity index (χ1v) is 10.0. The van der Waals surface area contributed by atoms with Crippen LogP contribution in [0.25, 0.3) is 11.4 Å². The Hall–Kier alpha value is -4.07. The zero-order valence-corrected chi connectivity index (χ0v) is 17.2. The van der Waals surface area contributed by atoms with Gasteiger partial charge < -0.3 is 4.90 Å². The highest BCUT2D eigenvalue weighted by atomic mass is 19.4. The largest absolute Gasteiger partial charge is 0.391 e. The summed E-state index contributed by atoms with van der Waals surface area (Å²) < 4.78 is 41.2. The summed E-state index contributed by atoms with van der Waals surface area (Å²) in [6.45, 7) is -0.361. The van der Waals surface area contributed by atoms with Gasteiger partial charge in [-0.3, -0.25) is 14.2 Å². The van der Waals surface area contributed by atoms with Crippen molar-refractivity contribution in [2.24, 2.45) is 0 Å². The zero-order valence-electron chi connectivity index (χ0n) is 17.2. The van der Waals surface area contributed by atoms with Crippen LogP contribution in [0.2, 0.25) is 0 Å². The van der Waals surface area contributed by atoms with Crippen molar-refractivity contribution in [2.75, 3.05) is 11.4 Å². The molecule has 1 aromatic carbocycles. The van der Waals surface area contributed by atoms with Crippen LogP contribution in [0.3, 0.4) is 0 Å². The lowest BCUT2D eigenvalue weighted by Gasteiger charge is -2.38. The molecular weight excluding hydrogens is 437 g/mol. The van der Waals surface area contributed by atoms with E-state index in [-0.39, 0.29) is 30.2 Å². The highest BCUT2D eigenvalue weighted by Gasteiger charge is 2.39. The third kappa shape index (κ3) is 4.90. The first-order chi connectivity index (χ1) is 15.7. The van der Waals surface area contributed by atoms with E-state index < -0.39 is 36.5 Å². The van der Waals surface area contributed by atoms with E-state index in [4.69, 9.17) is 5.26 Å². The summed E-state index contributed by atoms with van der Waals surface area (Å²) in [5.41, 5.74) is 0.660. The molecule has 33 heavy (non-hydrogen) atoms. The highest BCUT2D eigenvalue weighted by molar-refractivity contribution is 5.99. The van der Waals surface area contributed by atoms with Gasteiger partial charge in [-0.25, -0.2) is 15.0 Å².